The molecule has 0 saturated heterocycles. The maximum Gasteiger partial charge on any atom is 0.185 e. The van der Waals surface area contributed by atoms with Gasteiger partial charge in [0.1, 0.15) is 5.76 Å². The first-order valence-electron chi connectivity index (χ1n) is 8.93. The standard InChI is InChI=1S/C24H15NO2S/c26-21(18-10-9-16-5-1-2-6-17(16)15-18)13-11-19-12-14-22(27-19)24-25-20-7-3-4-8-23(20)28-24/h1-15H/b13-11+. The second-order valence-corrected chi connectivity index (χ2v) is 7.48. The van der Waals surface area contributed by atoms with E-state index < -0.39 is 0 Å². The highest BCUT2D eigenvalue weighted by atomic mass is 32.1. The van der Waals surface area contributed by atoms with Crippen LogP contribution in [0.1, 0.15) is 16.1 Å². The zero-order valence-electron chi connectivity index (χ0n) is 14.8. The summed E-state index contributed by atoms with van der Waals surface area (Å²) in [6.45, 7) is 0. The third-order valence-corrected chi connectivity index (χ3v) is 5.62. The van der Waals surface area contributed by atoms with Gasteiger partial charge in [-0.05, 0) is 53.3 Å². The smallest absolute Gasteiger partial charge is 0.185 e. The first kappa shape index (κ1) is 16.7. The van der Waals surface area contributed by atoms with Crippen molar-refractivity contribution in [3.8, 4) is 10.8 Å². The van der Waals surface area contributed by atoms with Gasteiger partial charge in [-0.3, -0.25) is 4.79 Å². The summed E-state index contributed by atoms with van der Waals surface area (Å²) in [4.78, 5) is 17.1. The first-order chi connectivity index (χ1) is 13.8. The Morgan fingerprint density at radius 3 is 2.61 bits per heavy atom. The minimum absolute atomic E-state index is 0.0521. The summed E-state index contributed by atoms with van der Waals surface area (Å²) in [6, 6.07) is 25.5. The average molecular weight is 381 g/mol. The van der Waals surface area contributed by atoms with Gasteiger partial charge in [0.2, 0.25) is 0 Å². The number of benzene rings is 3. The van der Waals surface area contributed by atoms with Crippen molar-refractivity contribution in [2.75, 3.05) is 0 Å². The molecule has 0 aliphatic heterocycles. The molecule has 2 heterocycles. The SMILES string of the molecule is O=C(/C=C/c1ccc(-c2nc3ccccc3s2)o1)c1ccc2ccccc2c1. The number of fused-ring (bicyclic) bond motifs is 2. The number of hydrogen-bond donors (Lipinski definition) is 0. The lowest BCUT2D eigenvalue weighted by atomic mass is 10.0. The number of rotatable bonds is 4. The van der Waals surface area contributed by atoms with E-state index in [0.29, 0.717) is 17.1 Å². The number of ketones is 1. The summed E-state index contributed by atoms with van der Waals surface area (Å²) in [5.41, 5.74) is 1.62. The number of para-hydroxylation sites is 1. The average Bonchev–Trinajstić information content (AvgIpc) is 3.38. The van der Waals surface area contributed by atoms with E-state index in [4.69, 9.17) is 4.42 Å². The van der Waals surface area contributed by atoms with Gasteiger partial charge in [0.05, 0.1) is 10.2 Å². The lowest BCUT2D eigenvalue weighted by molar-refractivity contribution is 0.104. The minimum Gasteiger partial charge on any atom is -0.454 e. The fourth-order valence-corrected chi connectivity index (χ4v) is 4.06. The van der Waals surface area contributed by atoms with E-state index in [-0.39, 0.29) is 5.78 Å². The highest BCUT2D eigenvalue weighted by Crippen LogP contribution is 2.31. The van der Waals surface area contributed by atoms with E-state index in [1.165, 1.54) is 0 Å². The summed E-state index contributed by atoms with van der Waals surface area (Å²) in [6.07, 6.45) is 3.25. The van der Waals surface area contributed by atoms with Crippen molar-refractivity contribution < 1.29 is 9.21 Å². The minimum atomic E-state index is -0.0521. The molecule has 0 amide bonds. The van der Waals surface area contributed by atoms with E-state index in [0.717, 1.165) is 26.0 Å². The predicted octanol–water partition coefficient (Wildman–Crippen LogP) is 6.61. The molecule has 0 spiro atoms. The molecule has 3 nitrogen and oxygen atoms in total. The van der Waals surface area contributed by atoms with E-state index >= 15 is 0 Å². The molecule has 0 aliphatic carbocycles. The second-order valence-electron chi connectivity index (χ2n) is 6.45. The molecule has 2 aromatic heterocycles. The van der Waals surface area contributed by atoms with Crippen LogP contribution in [-0.2, 0) is 0 Å². The predicted molar refractivity (Wildman–Crippen MR) is 115 cm³/mol. The highest BCUT2D eigenvalue weighted by Gasteiger charge is 2.10. The van der Waals surface area contributed by atoms with Gasteiger partial charge in [0, 0.05) is 5.56 Å². The molecule has 134 valence electrons. The van der Waals surface area contributed by atoms with Crippen LogP contribution < -0.4 is 0 Å². The van der Waals surface area contributed by atoms with Gasteiger partial charge in [-0.25, -0.2) is 4.98 Å². The maximum absolute atomic E-state index is 12.5. The molecular weight excluding hydrogens is 366 g/mol. The van der Waals surface area contributed by atoms with E-state index in [1.807, 2.05) is 78.9 Å². The van der Waals surface area contributed by atoms with Crippen LogP contribution in [-0.4, -0.2) is 10.8 Å². The third-order valence-electron chi connectivity index (χ3n) is 4.56. The zero-order chi connectivity index (χ0) is 18.9. The number of thiazole rings is 1. The fraction of sp³-hybridized carbons (Fsp3) is 0. The quantitative estimate of drug-likeness (QED) is 0.260. The van der Waals surface area contributed by atoms with Gasteiger partial charge in [0.25, 0.3) is 0 Å². The van der Waals surface area contributed by atoms with Gasteiger partial charge < -0.3 is 4.42 Å². The van der Waals surface area contributed by atoms with Crippen LogP contribution in [0.4, 0.5) is 0 Å². The second kappa shape index (κ2) is 6.91. The van der Waals surface area contributed by atoms with E-state index in [1.54, 1.807) is 23.5 Å². The van der Waals surface area contributed by atoms with Gasteiger partial charge in [0.15, 0.2) is 16.6 Å². The monoisotopic (exact) mass is 381 g/mol. The largest absolute Gasteiger partial charge is 0.454 e. The lowest BCUT2D eigenvalue weighted by Gasteiger charge is -2.00. The van der Waals surface area contributed by atoms with Gasteiger partial charge >= 0.3 is 0 Å². The number of nitrogens with zero attached hydrogens (tertiary/aromatic N) is 1. The van der Waals surface area contributed by atoms with Crippen LogP contribution in [0.25, 0.3) is 37.8 Å². The van der Waals surface area contributed by atoms with Crippen molar-refractivity contribution in [3.05, 3.63) is 96.3 Å². The molecule has 0 N–H and O–H groups in total. The van der Waals surface area contributed by atoms with Gasteiger partial charge in [-0.2, -0.15) is 0 Å². The Balaban J connectivity index is 1.38. The molecule has 0 atom stereocenters. The number of carbonyl (C=O) groups excluding carboxylic acids is 1. The topological polar surface area (TPSA) is 43.1 Å². The molecule has 0 fully saturated rings. The number of furan rings is 1. The maximum atomic E-state index is 12.5. The van der Waals surface area contributed by atoms with Crippen molar-refractivity contribution in [2.45, 2.75) is 0 Å². The van der Waals surface area contributed by atoms with Crippen LogP contribution in [0.15, 0.2) is 89.4 Å². The summed E-state index contributed by atoms with van der Waals surface area (Å²) in [5, 5.41) is 3.01. The van der Waals surface area contributed by atoms with Gasteiger partial charge in [-0.1, -0.05) is 48.5 Å². The van der Waals surface area contributed by atoms with Crippen LogP contribution in [0.2, 0.25) is 0 Å². The number of carbonyl (C=O) groups is 1. The van der Waals surface area contributed by atoms with Crippen molar-refractivity contribution >= 4 is 44.2 Å². The normalized spacial score (nSPS) is 11.6. The highest BCUT2D eigenvalue weighted by molar-refractivity contribution is 7.21. The Bertz CT molecular complexity index is 1310. The van der Waals surface area contributed by atoms with Gasteiger partial charge in [-0.15, -0.1) is 11.3 Å². The van der Waals surface area contributed by atoms with Crippen LogP contribution >= 0.6 is 11.3 Å². The van der Waals surface area contributed by atoms with Crippen molar-refractivity contribution in [2.24, 2.45) is 0 Å². The Morgan fingerprint density at radius 2 is 1.71 bits per heavy atom. The zero-order valence-corrected chi connectivity index (χ0v) is 15.6. The molecule has 4 heteroatoms. The first-order valence-corrected chi connectivity index (χ1v) is 9.75. The Morgan fingerprint density at radius 1 is 0.893 bits per heavy atom. The Labute approximate surface area is 165 Å². The molecule has 0 radical (unpaired) electrons. The molecule has 0 saturated carbocycles. The summed E-state index contributed by atoms with van der Waals surface area (Å²) in [7, 11) is 0. The molecule has 5 rings (SSSR count). The summed E-state index contributed by atoms with van der Waals surface area (Å²) >= 11 is 1.59. The van der Waals surface area contributed by atoms with Crippen molar-refractivity contribution in [1.82, 2.24) is 4.98 Å². The Kier molecular flexibility index (Phi) is 4.11. The summed E-state index contributed by atoms with van der Waals surface area (Å²) in [5.74, 6) is 1.28. The van der Waals surface area contributed by atoms with E-state index in [9.17, 15) is 4.79 Å². The molecule has 5 aromatic rings. The molecule has 0 bridgehead atoms. The third kappa shape index (κ3) is 3.15. The Hall–Kier alpha value is -3.50. The van der Waals surface area contributed by atoms with Crippen LogP contribution in [0, 0.1) is 0 Å². The molecular formula is C24H15NO2S. The fourth-order valence-electron chi connectivity index (χ4n) is 3.13. The van der Waals surface area contributed by atoms with Crippen LogP contribution in [0.3, 0.4) is 0 Å². The van der Waals surface area contributed by atoms with Crippen molar-refractivity contribution in [1.29, 1.82) is 0 Å². The molecule has 28 heavy (non-hydrogen) atoms. The van der Waals surface area contributed by atoms with Crippen LogP contribution in [0.5, 0.6) is 0 Å². The number of aromatic nitrogens is 1. The molecule has 3 aromatic carbocycles. The number of hydrogen-bond acceptors (Lipinski definition) is 4. The molecule has 0 aliphatic rings. The lowest BCUT2D eigenvalue weighted by Crippen LogP contribution is -1.93. The summed E-state index contributed by atoms with van der Waals surface area (Å²) < 4.78 is 6.99. The van der Waals surface area contributed by atoms with Crippen molar-refractivity contribution in [3.63, 3.8) is 0 Å². The molecule has 0 unspecified atom stereocenters. The van der Waals surface area contributed by atoms with E-state index in [2.05, 4.69) is 4.98 Å². The number of allylic oxidation sites excluding steroid dienone is 1.